The lowest BCUT2D eigenvalue weighted by Gasteiger charge is -2.11. The molecule has 0 saturated heterocycles. The highest BCUT2D eigenvalue weighted by molar-refractivity contribution is 5.29. The van der Waals surface area contributed by atoms with Gasteiger partial charge in [-0.15, -0.1) is 0 Å². The molecule has 1 aliphatic rings. The van der Waals surface area contributed by atoms with Crippen molar-refractivity contribution in [1.29, 1.82) is 0 Å². The van der Waals surface area contributed by atoms with Crippen LogP contribution in [0.2, 0.25) is 0 Å². The molecule has 0 saturated carbocycles. The van der Waals surface area contributed by atoms with E-state index in [9.17, 15) is 0 Å². The third-order valence-corrected chi connectivity index (χ3v) is 2.61. The molecule has 0 aromatic carbocycles. The van der Waals surface area contributed by atoms with Crippen LogP contribution in [0.5, 0.6) is 0 Å². The number of aryl methyl sites for hydroxylation is 1. The first-order valence-electron chi connectivity index (χ1n) is 5.43. The predicted octanol–water partition coefficient (Wildman–Crippen LogP) is 0.704. The number of aromatic nitrogens is 2. The SMILES string of the molecule is CCc1nc(CN(C)C)nc2c1CNC2. The summed E-state index contributed by atoms with van der Waals surface area (Å²) in [7, 11) is 4.08. The highest BCUT2D eigenvalue weighted by Gasteiger charge is 2.17. The molecule has 0 atom stereocenters. The molecule has 0 unspecified atom stereocenters. The van der Waals surface area contributed by atoms with Crippen molar-refractivity contribution in [2.75, 3.05) is 14.1 Å². The third-order valence-electron chi connectivity index (χ3n) is 2.61. The van der Waals surface area contributed by atoms with Crippen molar-refractivity contribution in [3.05, 3.63) is 22.8 Å². The van der Waals surface area contributed by atoms with E-state index in [1.165, 1.54) is 17.0 Å². The van der Waals surface area contributed by atoms with Crippen molar-refractivity contribution in [2.45, 2.75) is 33.0 Å². The van der Waals surface area contributed by atoms with Crippen molar-refractivity contribution in [3.63, 3.8) is 0 Å². The summed E-state index contributed by atoms with van der Waals surface area (Å²) in [5.41, 5.74) is 3.72. The fourth-order valence-corrected chi connectivity index (χ4v) is 1.94. The van der Waals surface area contributed by atoms with E-state index in [-0.39, 0.29) is 0 Å². The van der Waals surface area contributed by atoms with Crippen LogP contribution in [0.3, 0.4) is 0 Å². The zero-order valence-corrected chi connectivity index (χ0v) is 9.67. The lowest BCUT2D eigenvalue weighted by atomic mass is 10.1. The van der Waals surface area contributed by atoms with Gasteiger partial charge < -0.3 is 10.2 Å². The van der Waals surface area contributed by atoms with Crippen molar-refractivity contribution in [2.24, 2.45) is 0 Å². The molecule has 2 rings (SSSR count). The second kappa shape index (κ2) is 4.24. The maximum Gasteiger partial charge on any atom is 0.142 e. The Morgan fingerprint density at radius 1 is 1.27 bits per heavy atom. The normalized spacial score (nSPS) is 14.7. The summed E-state index contributed by atoms with van der Waals surface area (Å²) >= 11 is 0. The van der Waals surface area contributed by atoms with E-state index in [1.807, 2.05) is 14.1 Å². The Hall–Kier alpha value is -1.00. The van der Waals surface area contributed by atoms with Gasteiger partial charge in [0.15, 0.2) is 0 Å². The van der Waals surface area contributed by atoms with Gasteiger partial charge in [-0.05, 0) is 20.5 Å². The molecule has 0 spiro atoms. The van der Waals surface area contributed by atoms with Crippen LogP contribution >= 0.6 is 0 Å². The summed E-state index contributed by atoms with van der Waals surface area (Å²) in [6.45, 7) is 4.80. The maximum atomic E-state index is 4.61. The molecule has 0 bridgehead atoms. The van der Waals surface area contributed by atoms with E-state index in [4.69, 9.17) is 0 Å². The molecular formula is C11H18N4. The number of hydrogen-bond donors (Lipinski definition) is 1. The fourth-order valence-electron chi connectivity index (χ4n) is 1.94. The van der Waals surface area contributed by atoms with E-state index in [0.717, 1.165) is 31.9 Å². The largest absolute Gasteiger partial charge is 0.307 e. The molecule has 0 amide bonds. The van der Waals surface area contributed by atoms with Crippen molar-refractivity contribution >= 4 is 0 Å². The van der Waals surface area contributed by atoms with E-state index >= 15 is 0 Å². The Kier molecular flexibility index (Phi) is 2.98. The molecule has 1 aliphatic heterocycles. The Morgan fingerprint density at radius 2 is 2.07 bits per heavy atom. The van der Waals surface area contributed by atoms with Gasteiger partial charge in [0.05, 0.1) is 12.2 Å². The van der Waals surface area contributed by atoms with Gasteiger partial charge in [-0.3, -0.25) is 0 Å². The first kappa shape index (κ1) is 10.5. The molecule has 82 valence electrons. The number of nitrogens with zero attached hydrogens (tertiary/aromatic N) is 3. The molecule has 1 N–H and O–H groups in total. The molecule has 2 heterocycles. The Bertz CT molecular complexity index is 360. The molecule has 1 aromatic heterocycles. The molecule has 0 radical (unpaired) electrons. The van der Waals surface area contributed by atoms with E-state index in [1.54, 1.807) is 0 Å². The Morgan fingerprint density at radius 3 is 2.73 bits per heavy atom. The second-order valence-corrected chi connectivity index (χ2v) is 4.21. The molecule has 1 aromatic rings. The van der Waals surface area contributed by atoms with Crippen molar-refractivity contribution in [1.82, 2.24) is 20.2 Å². The minimum atomic E-state index is 0.820. The third kappa shape index (κ3) is 2.16. The quantitative estimate of drug-likeness (QED) is 0.790. The van der Waals surface area contributed by atoms with Crippen LogP contribution in [-0.2, 0) is 26.1 Å². The van der Waals surface area contributed by atoms with E-state index in [2.05, 4.69) is 27.1 Å². The summed E-state index contributed by atoms with van der Waals surface area (Å²) in [6.07, 6.45) is 0.993. The van der Waals surface area contributed by atoms with Gasteiger partial charge in [0.25, 0.3) is 0 Å². The van der Waals surface area contributed by atoms with E-state index in [0.29, 0.717) is 0 Å². The molecule has 4 nitrogen and oxygen atoms in total. The second-order valence-electron chi connectivity index (χ2n) is 4.21. The summed E-state index contributed by atoms with van der Waals surface area (Å²) < 4.78 is 0. The van der Waals surface area contributed by atoms with Crippen LogP contribution < -0.4 is 5.32 Å². The Labute approximate surface area is 90.7 Å². The molecular weight excluding hydrogens is 188 g/mol. The molecule has 4 heteroatoms. The first-order chi connectivity index (χ1) is 7.20. The number of nitrogens with one attached hydrogen (secondary N) is 1. The fraction of sp³-hybridized carbons (Fsp3) is 0.636. The highest BCUT2D eigenvalue weighted by Crippen LogP contribution is 2.17. The van der Waals surface area contributed by atoms with Crippen LogP contribution in [0.25, 0.3) is 0 Å². The van der Waals surface area contributed by atoms with Crippen LogP contribution in [0.15, 0.2) is 0 Å². The summed E-state index contributed by atoms with van der Waals surface area (Å²) in [5.74, 6) is 0.944. The van der Waals surface area contributed by atoms with Crippen molar-refractivity contribution < 1.29 is 0 Å². The van der Waals surface area contributed by atoms with Crippen LogP contribution in [0.4, 0.5) is 0 Å². The van der Waals surface area contributed by atoms with Crippen LogP contribution in [0, 0.1) is 0 Å². The van der Waals surface area contributed by atoms with Gasteiger partial charge in [0.1, 0.15) is 5.82 Å². The average Bonchev–Trinajstić information content (AvgIpc) is 2.63. The molecule has 15 heavy (non-hydrogen) atoms. The van der Waals surface area contributed by atoms with Gasteiger partial charge in [-0.25, -0.2) is 9.97 Å². The average molecular weight is 206 g/mol. The Balaban J connectivity index is 2.34. The predicted molar refractivity (Wildman–Crippen MR) is 59.3 cm³/mol. The first-order valence-corrected chi connectivity index (χ1v) is 5.43. The minimum absolute atomic E-state index is 0.820. The smallest absolute Gasteiger partial charge is 0.142 e. The standard InChI is InChI=1S/C11H18N4/c1-4-9-8-5-12-6-10(8)14-11(13-9)7-15(2)3/h12H,4-7H2,1-3H3. The van der Waals surface area contributed by atoms with Crippen molar-refractivity contribution in [3.8, 4) is 0 Å². The highest BCUT2D eigenvalue weighted by atomic mass is 15.1. The number of hydrogen-bond acceptors (Lipinski definition) is 4. The maximum absolute atomic E-state index is 4.61. The monoisotopic (exact) mass is 206 g/mol. The van der Waals surface area contributed by atoms with Crippen LogP contribution in [-0.4, -0.2) is 29.0 Å². The van der Waals surface area contributed by atoms with Gasteiger partial charge in [-0.1, -0.05) is 6.92 Å². The lowest BCUT2D eigenvalue weighted by Crippen LogP contribution is -2.15. The van der Waals surface area contributed by atoms with Gasteiger partial charge in [-0.2, -0.15) is 0 Å². The zero-order chi connectivity index (χ0) is 10.8. The topological polar surface area (TPSA) is 41.1 Å². The van der Waals surface area contributed by atoms with E-state index < -0.39 is 0 Å². The number of rotatable bonds is 3. The van der Waals surface area contributed by atoms with Gasteiger partial charge >= 0.3 is 0 Å². The summed E-state index contributed by atoms with van der Waals surface area (Å²) in [4.78, 5) is 11.3. The number of fused-ring (bicyclic) bond motifs is 1. The van der Waals surface area contributed by atoms with Gasteiger partial charge in [0.2, 0.25) is 0 Å². The molecule has 0 fully saturated rings. The zero-order valence-electron chi connectivity index (χ0n) is 9.67. The molecule has 0 aliphatic carbocycles. The minimum Gasteiger partial charge on any atom is -0.307 e. The van der Waals surface area contributed by atoms with Gasteiger partial charge in [0, 0.05) is 24.3 Å². The summed E-state index contributed by atoms with van der Waals surface area (Å²) in [6, 6.07) is 0. The summed E-state index contributed by atoms with van der Waals surface area (Å²) in [5, 5.41) is 3.33. The lowest BCUT2D eigenvalue weighted by molar-refractivity contribution is 0.389. The van der Waals surface area contributed by atoms with Crippen LogP contribution in [0.1, 0.15) is 29.7 Å².